The number of fused-ring (bicyclic) bond motifs is 3. The zero-order chi connectivity index (χ0) is 25.6. The molecule has 0 spiro atoms. The summed E-state index contributed by atoms with van der Waals surface area (Å²) in [6, 6.07) is 0. The van der Waals surface area contributed by atoms with E-state index in [1.807, 2.05) is 0 Å². The first kappa shape index (κ1) is 24.6. The normalized spacial score (nSPS) is 29.8. The highest BCUT2D eigenvalue weighted by Gasteiger charge is 2.75. The Morgan fingerprint density at radius 3 is 2.66 bits per heavy atom. The van der Waals surface area contributed by atoms with Gasteiger partial charge in [-0.3, -0.25) is 24.5 Å². The van der Waals surface area contributed by atoms with E-state index in [9.17, 15) is 14.7 Å². The Kier molecular flexibility index (Phi) is 5.40. The van der Waals surface area contributed by atoms with Crippen molar-refractivity contribution in [1.82, 2.24) is 19.5 Å². The number of anilines is 1. The van der Waals surface area contributed by atoms with Crippen molar-refractivity contribution < 1.29 is 23.8 Å². The van der Waals surface area contributed by atoms with Crippen LogP contribution in [0.3, 0.4) is 0 Å². The molecule has 12 heteroatoms. The highest BCUT2D eigenvalue weighted by molar-refractivity contribution is 6.74. The molecule has 2 aromatic heterocycles. The number of nitrogens with zero attached hydrogens (tertiary/aromatic N) is 3. The summed E-state index contributed by atoms with van der Waals surface area (Å²) in [5.74, 6) is -0.511. The third-order valence-electron chi connectivity index (χ3n) is 8.07. The second-order valence-electron chi connectivity index (χ2n) is 11.9. The van der Waals surface area contributed by atoms with Crippen molar-refractivity contribution in [2.45, 2.75) is 95.2 Å². The van der Waals surface area contributed by atoms with Gasteiger partial charge in [0, 0.05) is 5.92 Å². The van der Waals surface area contributed by atoms with Crippen LogP contribution >= 0.6 is 0 Å². The first-order valence-electron chi connectivity index (χ1n) is 12.2. The van der Waals surface area contributed by atoms with E-state index in [1.54, 1.807) is 18.4 Å². The van der Waals surface area contributed by atoms with Crippen LogP contribution in [0.25, 0.3) is 11.2 Å². The fourth-order valence-electron chi connectivity index (χ4n) is 4.62. The molecular formula is C23H35N5O6Si. The highest BCUT2D eigenvalue weighted by atomic mass is 28.4. The molecule has 1 aliphatic carbocycles. The van der Waals surface area contributed by atoms with Gasteiger partial charge in [-0.05, 0) is 31.0 Å². The molecule has 192 valence electrons. The third kappa shape index (κ3) is 3.68. The standard InChI is InChI=1S/C23H35N5O6Si/c1-12(2)17(29)26-20-25-16-13(18(30)27-20)24-11-28(16)19-14-15(34-35(6,7)21(3,4)5)23(33-19,10-32-14)22(31)8-9-22/h11-12,14-15,19,31H,8-10H2,1-7H3,(H2,25,26,27,29,30)/t14?,15-,19-,23+/m1/s1. The van der Waals surface area contributed by atoms with Crippen molar-refractivity contribution in [3.63, 3.8) is 0 Å². The van der Waals surface area contributed by atoms with Crippen molar-refractivity contribution in [2.75, 3.05) is 11.9 Å². The number of rotatable bonds is 6. The van der Waals surface area contributed by atoms with Crippen molar-refractivity contribution in [3.05, 3.63) is 16.7 Å². The number of ether oxygens (including phenoxy) is 2. The van der Waals surface area contributed by atoms with E-state index in [0.29, 0.717) is 12.8 Å². The van der Waals surface area contributed by atoms with Crippen LogP contribution in [0.2, 0.25) is 18.1 Å². The van der Waals surface area contributed by atoms with Crippen LogP contribution in [0.5, 0.6) is 0 Å². The third-order valence-corrected chi connectivity index (χ3v) is 12.5. The van der Waals surface area contributed by atoms with Gasteiger partial charge in [-0.15, -0.1) is 0 Å². The Morgan fingerprint density at radius 2 is 2.06 bits per heavy atom. The summed E-state index contributed by atoms with van der Waals surface area (Å²) in [5, 5.41) is 13.9. The summed E-state index contributed by atoms with van der Waals surface area (Å²) in [6.45, 7) is 14.6. The number of hydrogen-bond donors (Lipinski definition) is 3. The van der Waals surface area contributed by atoms with E-state index < -0.39 is 43.5 Å². The number of aromatic nitrogens is 4. The summed E-state index contributed by atoms with van der Waals surface area (Å²) in [4.78, 5) is 36.1. The van der Waals surface area contributed by atoms with Gasteiger partial charge in [-0.1, -0.05) is 34.6 Å². The number of amides is 1. The molecule has 0 aromatic carbocycles. The molecule has 2 aromatic rings. The molecule has 3 fully saturated rings. The van der Waals surface area contributed by atoms with Gasteiger partial charge < -0.3 is 19.0 Å². The van der Waals surface area contributed by atoms with Crippen LogP contribution < -0.4 is 10.9 Å². The molecule has 4 atom stereocenters. The van der Waals surface area contributed by atoms with Gasteiger partial charge in [-0.25, -0.2) is 4.98 Å². The smallest absolute Gasteiger partial charge is 0.280 e. The van der Waals surface area contributed by atoms with Gasteiger partial charge in [-0.2, -0.15) is 4.98 Å². The lowest BCUT2D eigenvalue weighted by molar-refractivity contribution is -0.216. The number of H-pyrrole nitrogens is 1. The number of aromatic amines is 1. The van der Waals surface area contributed by atoms with Crippen molar-refractivity contribution >= 4 is 31.3 Å². The molecule has 2 aliphatic heterocycles. The Labute approximate surface area is 204 Å². The van der Waals surface area contributed by atoms with Gasteiger partial charge in [0.15, 0.2) is 31.3 Å². The number of hydrogen-bond acceptors (Lipinski definition) is 8. The summed E-state index contributed by atoms with van der Waals surface area (Å²) >= 11 is 0. The van der Waals surface area contributed by atoms with Gasteiger partial charge in [0.05, 0.1) is 18.5 Å². The number of nitrogens with one attached hydrogen (secondary N) is 2. The average molecular weight is 506 g/mol. The second-order valence-corrected chi connectivity index (χ2v) is 16.6. The molecule has 3 N–H and O–H groups in total. The monoisotopic (exact) mass is 505 g/mol. The zero-order valence-corrected chi connectivity index (χ0v) is 22.3. The number of carbonyl (C=O) groups excluding carboxylic acids is 1. The van der Waals surface area contributed by atoms with E-state index in [4.69, 9.17) is 13.9 Å². The number of carbonyl (C=O) groups is 1. The van der Waals surface area contributed by atoms with Gasteiger partial charge in [0.2, 0.25) is 11.9 Å². The molecule has 3 aliphatic rings. The number of imidazole rings is 1. The summed E-state index contributed by atoms with van der Waals surface area (Å²) < 4.78 is 21.3. The minimum absolute atomic E-state index is 0.0385. The van der Waals surface area contributed by atoms with Crippen LogP contribution in [-0.2, 0) is 18.7 Å². The van der Waals surface area contributed by atoms with Crippen molar-refractivity contribution in [3.8, 4) is 0 Å². The summed E-state index contributed by atoms with van der Waals surface area (Å²) in [7, 11) is -2.24. The van der Waals surface area contributed by atoms with E-state index in [-0.39, 0.29) is 40.6 Å². The van der Waals surface area contributed by atoms with Crippen LogP contribution in [0.4, 0.5) is 5.95 Å². The van der Waals surface area contributed by atoms with Crippen LogP contribution in [0.1, 0.15) is 53.7 Å². The SMILES string of the molecule is CC(C)C(=O)Nc1nc2c(ncn2[C@@H]2O[C@@]3(C4(O)CC4)COC2[C@H]3O[Si](C)(C)C(C)(C)C)c(=O)[nH]1. The number of aliphatic hydroxyl groups is 1. The van der Waals surface area contributed by atoms with E-state index >= 15 is 0 Å². The van der Waals surface area contributed by atoms with E-state index in [2.05, 4.69) is 54.1 Å². The largest absolute Gasteiger partial charge is 0.408 e. The predicted octanol–water partition coefficient (Wildman–Crippen LogP) is 2.30. The molecule has 2 saturated heterocycles. The maximum atomic E-state index is 12.7. The van der Waals surface area contributed by atoms with Gasteiger partial charge in [0.25, 0.3) is 5.56 Å². The lowest BCUT2D eigenvalue weighted by Crippen LogP contribution is -2.57. The lowest BCUT2D eigenvalue weighted by atomic mass is 9.90. The maximum absolute atomic E-state index is 12.7. The molecule has 35 heavy (non-hydrogen) atoms. The quantitative estimate of drug-likeness (QED) is 0.508. The van der Waals surface area contributed by atoms with Crippen molar-refractivity contribution in [1.29, 1.82) is 0 Å². The Hall–Kier alpha value is -2.12. The molecule has 1 amide bonds. The van der Waals surface area contributed by atoms with Crippen LogP contribution in [0, 0.1) is 5.92 Å². The molecule has 1 unspecified atom stereocenters. The summed E-state index contributed by atoms with van der Waals surface area (Å²) in [5.41, 5.74) is -2.12. The Bertz CT molecular complexity index is 1230. The molecule has 11 nitrogen and oxygen atoms in total. The Morgan fingerprint density at radius 1 is 1.37 bits per heavy atom. The molecule has 5 rings (SSSR count). The highest BCUT2D eigenvalue weighted by Crippen LogP contribution is 2.60. The predicted molar refractivity (Wildman–Crippen MR) is 130 cm³/mol. The zero-order valence-electron chi connectivity index (χ0n) is 21.3. The molecule has 0 radical (unpaired) electrons. The molecule has 4 heterocycles. The van der Waals surface area contributed by atoms with Crippen LogP contribution in [-0.4, -0.2) is 68.9 Å². The second kappa shape index (κ2) is 7.69. The fraction of sp³-hybridized carbons (Fsp3) is 0.739. The average Bonchev–Trinajstić information content (AvgIpc) is 3.11. The minimum atomic E-state index is -2.24. The first-order chi connectivity index (χ1) is 16.2. The minimum Gasteiger partial charge on any atom is -0.408 e. The van der Waals surface area contributed by atoms with Crippen LogP contribution in [0.15, 0.2) is 11.1 Å². The molecule has 1 saturated carbocycles. The van der Waals surface area contributed by atoms with E-state index in [0.717, 1.165) is 0 Å². The topological polar surface area (TPSA) is 141 Å². The first-order valence-corrected chi connectivity index (χ1v) is 15.1. The van der Waals surface area contributed by atoms with Gasteiger partial charge in [0.1, 0.15) is 12.2 Å². The lowest BCUT2D eigenvalue weighted by Gasteiger charge is -2.42. The Balaban J connectivity index is 1.55. The van der Waals surface area contributed by atoms with Crippen molar-refractivity contribution in [2.24, 2.45) is 5.92 Å². The molecule has 2 bridgehead atoms. The molecular weight excluding hydrogens is 470 g/mol. The maximum Gasteiger partial charge on any atom is 0.280 e. The fourth-order valence-corrected chi connectivity index (χ4v) is 5.94. The summed E-state index contributed by atoms with van der Waals surface area (Å²) in [6.07, 6.45) is 1.03. The van der Waals surface area contributed by atoms with E-state index in [1.165, 1.54) is 6.33 Å². The van der Waals surface area contributed by atoms with Gasteiger partial charge >= 0.3 is 0 Å².